The molecule has 0 radical (unpaired) electrons. The van der Waals surface area contributed by atoms with Crippen molar-refractivity contribution < 1.29 is 9.90 Å². The fraction of sp³-hybridized carbons (Fsp3) is 0.733. The summed E-state index contributed by atoms with van der Waals surface area (Å²) in [4.78, 5) is 13.8. The molecule has 1 saturated heterocycles. The van der Waals surface area contributed by atoms with Crippen LogP contribution in [0.25, 0.3) is 0 Å². The van der Waals surface area contributed by atoms with E-state index in [-0.39, 0.29) is 18.4 Å². The Kier molecular flexibility index (Phi) is 5.00. The first kappa shape index (κ1) is 16.0. The summed E-state index contributed by atoms with van der Waals surface area (Å²) in [5.74, 6) is -0.245. The number of nitrogens with two attached hydrogens (primary N) is 1. The van der Waals surface area contributed by atoms with Gasteiger partial charge in [-0.3, -0.25) is 14.4 Å². The van der Waals surface area contributed by atoms with Crippen LogP contribution in [0, 0.1) is 19.8 Å². The van der Waals surface area contributed by atoms with E-state index in [1.165, 1.54) is 5.56 Å². The minimum atomic E-state index is -0.198. The minimum Gasteiger partial charge on any atom is -0.394 e. The Morgan fingerprint density at radius 3 is 2.76 bits per heavy atom. The smallest absolute Gasteiger partial charge is 0.221 e. The Bertz CT molecular complexity index is 512. The summed E-state index contributed by atoms with van der Waals surface area (Å²) in [6.07, 6.45) is 1.88. The highest BCUT2D eigenvalue weighted by atomic mass is 16.3. The zero-order valence-corrected chi connectivity index (χ0v) is 13.2. The Hall–Kier alpha value is -1.40. The van der Waals surface area contributed by atoms with Crippen molar-refractivity contribution >= 4 is 5.91 Å². The van der Waals surface area contributed by atoms with Gasteiger partial charge in [0.1, 0.15) is 0 Å². The van der Waals surface area contributed by atoms with Crippen LogP contribution in [0.15, 0.2) is 0 Å². The molecular weight excluding hydrogens is 268 g/mol. The van der Waals surface area contributed by atoms with Crippen molar-refractivity contribution in [2.24, 2.45) is 11.7 Å². The van der Waals surface area contributed by atoms with E-state index >= 15 is 0 Å². The number of aliphatic hydroxyl groups excluding tert-OH is 1. The third kappa shape index (κ3) is 3.44. The maximum Gasteiger partial charge on any atom is 0.221 e. The first-order chi connectivity index (χ1) is 9.93. The monoisotopic (exact) mass is 294 g/mol. The molecule has 0 spiro atoms. The summed E-state index contributed by atoms with van der Waals surface area (Å²) in [5, 5.41) is 13.6. The third-order valence-electron chi connectivity index (χ3n) is 4.62. The maximum absolute atomic E-state index is 11.4. The lowest BCUT2D eigenvalue weighted by Gasteiger charge is -2.36. The van der Waals surface area contributed by atoms with Gasteiger partial charge in [-0.15, -0.1) is 0 Å². The fourth-order valence-electron chi connectivity index (χ4n) is 3.11. The molecule has 0 aromatic carbocycles. The number of piperidine rings is 1. The summed E-state index contributed by atoms with van der Waals surface area (Å²) >= 11 is 0. The van der Waals surface area contributed by atoms with Gasteiger partial charge in [-0.2, -0.15) is 5.10 Å². The van der Waals surface area contributed by atoms with Gasteiger partial charge >= 0.3 is 0 Å². The van der Waals surface area contributed by atoms with Crippen LogP contribution in [0.5, 0.6) is 0 Å². The van der Waals surface area contributed by atoms with Gasteiger partial charge in [-0.1, -0.05) is 0 Å². The van der Waals surface area contributed by atoms with E-state index in [2.05, 4.69) is 16.9 Å². The van der Waals surface area contributed by atoms with Crippen molar-refractivity contribution in [3.63, 3.8) is 0 Å². The summed E-state index contributed by atoms with van der Waals surface area (Å²) in [6.45, 7) is 8.34. The average Bonchev–Trinajstić information content (AvgIpc) is 2.69. The number of nitrogens with zero attached hydrogens (tertiary/aromatic N) is 3. The normalized spacial score (nSPS) is 23.4. The number of primary amides is 1. The number of amides is 1. The van der Waals surface area contributed by atoms with E-state index in [1.54, 1.807) is 0 Å². The van der Waals surface area contributed by atoms with Crippen molar-refractivity contribution in [1.29, 1.82) is 0 Å². The van der Waals surface area contributed by atoms with Crippen LogP contribution in [0.2, 0.25) is 0 Å². The standard InChI is InChI=1S/C15H26N4O2/c1-10-4-5-13(15(16)21)8-18(10)9-14-11(2)17-19(6-7-20)12(14)3/h10,13,20H,4-9H2,1-3H3,(H2,16,21). The Morgan fingerprint density at radius 2 is 2.14 bits per heavy atom. The van der Waals surface area contributed by atoms with Gasteiger partial charge in [-0.05, 0) is 33.6 Å². The number of carbonyl (C=O) groups excluding carboxylic acids is 1. The minimum absolute atomic E-state index is 0.0469. The van der Waals surface area contributed by atoms with Crippen LogP contribution in [0.3, 0.4) is 0 Å². The van der Waals surface area contributed by atoms with Crippen LogP contribution in [-0.2, 0) is 17.9 Å². The molecule has 2 atom stereocenters. The lowest BCUT2D eigenvalue weighted by Crippen LogP contribution is -2.45. The van der Waals surface area contributed by atoms with Gasteiger partial charge in [0.2, 0.25) is 5.91 Å². The lowest BCUT2D eigenvalue weighted by molar-refractivity contribution is -0.124. The highest BCUT2D eigenvalue weighted by Gasteiger charge is 2.29. The number of aryl methyl sites for hydroxylation is 1. The zero-order valence-electron chi connectivity index (χ0n) is 13.2. The molecule has 0 aliphatic carbocycles. The molecule has 2 unspecified atom stereocenters. The zero-order chi connectivity index (χ0) is 15.6. The van der Waals surface area contributed by atoms with Crippen LogP contribution in [0.4, 0.5) is 0 Å². The molecule has 2 rings (SSSR count). The molecule has 3 N–H and O–H groups in total. The number of hydrogen-bond donors (Lipinski definition) is 2. The lowest BCUT2D eigenvalue weighted by atomic mass is 9.92. The number of rotatable bonds is 5. The second-order valence-electron chi connectivity index (χ2n) is 6.05. The SMILES string of the molecule is Cc1nn(CCO)c(C)c1CN1CC(C(N)=O)CCC1C. The van der Waals surface area contributed by atoms with E-state index in [0.717, 1.165) is 37.3 Å². The molecule has 0 bridgehead atoms. The molecule has 6 nitrogen and oxygen atoms in total. The van der Waals surface area contributed by atoms with Crippen LogP contribution in [0.1, 0.15) is 36.7 Å². The Morgan fingerprint density at radius 1 is 1.43 bits per heavy atom. The number of hydrogen-bond acceptors (Lipinski definition) is 4. The largest absolute Gasteiger partial charge is 0.394 e. The summed E-state index contributed by atoms with van der Waals surface area (Å²) in [5.41, 5.74) is 8.74. The molecule has 21 heavy (non-hydrogen) atoms. The van der Waals surface area contributed by atoms with E-state index in [1.807, 2.05) is 18.5 Å². The molecular formula is C15H26N4O2. The topological polar surface area (TPSA) is 84.4 Å². The van der Waals surface area contributed by atoms with Crippen molar-refractivity contribution in [2.75, 3.05) is 13.2 Å². The van der Waals surface area contributed by atoms with Gasteiger partial charge in [0.25, 0.3) is 0 Å². The maximum atomic E-state index is 11.4. The molecule has 2 heterocycles. The molecule has 1 fully saturated rings. The number of likely N-dealkylation sites (tertiary alicyclic amines) is 1. The van der Waals surface area contributed by atoms with Crippen LogP contribution < -0.4 is 5.73 Å². The van der Waals surface area contributed by atoms with E-state index in [0.29, 0.717) is 12.6 Å². The van der Waals surface area contributed by atoms with Gasteiger partial charge in [0.15, 0.2) is 0 Å². The second-order valence-corrected chi connectivity index (χ2v) is 6.05. The van der Waals surface area contributed by atoms with Crippen molar-refractivity contribution in [3.05, 3.63) is 17.0 Å². The molecule has 1 aromatic heterocycles. The Labute approximate surface area is 125 Å². The summed E-state index contributed by atoms with van der Waals surface area (Å²) in [7, 11) is 0. The molecule has 0 saturated carbocycles. The molecule has 1 aromatic rings. The van der Waals surface area contributed by atoms with Crippen LogP contribution in [-0.4, -0.2) is 44.9 Å². The molecule has 118 valence electrons. The van der Waals surface area contributed by atoms with Crippen molar-refractivity contribution in [3.8, 4) is 0 Å². The third-order valence-corrected chi connectivity index (χ3v) is 4.62. The summed E-state index contributed by atoms with van der Waals surface area (Å²) < 4.78 is 1.85. The molecule has 1 aliphatic heterocycles. The molecule has 1 amide bonds. The molecule has 1 aliphatic rings. The highest BCUT2D eigenvalue weighted by molar-refractivity contribution is 5.77. The molecule has 6 heteroatoms. The number of aliphatic hydroxyl groups is 1. The van der Waals surface area contributed by atoms with Gasteiger partial charge < -0.3 is 10.8 Å². The van der Waals surface area contributed by atoms with E-state index in [4.69, 9.17) is 10.8 Å². The first-order valence-electron chi connectivity index (χ1n) is 7.61. The predicted octanol–water partition coefficient (Wildman–Crippen LogP) is 0.578. The van der Waals surface area contributed by atoms with Gasteiger partial charge in [0.05, 0.1) is 24.8 Å². The van der Waals surface area contributed by atoms with Gasteiger partial charge in [0, 0.05) is 30.4 Å². The Balaban J connectivity index is 2.14. The van der Waals surface area contributed by atoms with E-state index in [9.17, 15) is 4.79 Å². The number of aromatic nitrogens is 2. The first-order valence-corrected chi connectivity index (χ1v) is 7.61. The highest BCUT2D eigenvalue weighted by Crippen LogP contribution is 2.25. The van der Waals surface area contributed by atoms with Crippen LogP contribution >= 0.6 is 0 Å². The summed E-state index contributed by atoms with van der Waals surface area (Å²) in [6, 6.07) is 0.445. The number of carbonyl (C=O) groups is 1. The fourth-order valence-corrected chi connectivity index (χ4v) is 3.11. The van der Waals surface area contributed by atoms with Gasteiger partial charge in [-0.25, -0.2) is 0 Å². The van der Waals surface area contributed by atoms with Crippen molar-refractivity contribution in [1.82, 2.24) is 14.7 Å². The van der Waals surface area contributed by atoms with E-state index < -0.39 is 0 Å². The quantitative estimate of drug-likeness (QED) is 0.832. The average molecular weight is 294 g/mol. The predicted molar refractivity (Wildman–Crippen MR) is 80.6 cm³/mol. The second kappa shape index (κ2) is 6.58. The van der Waals surface area contributed by atoms with Crippen molar-refractivity contribution in [2.45, 2.75) is 52.7 Å².